The van der Waals surface area contributed by atoms with Gasteiger partial charge in [0.25, 0.3) is 0 Å². The second kappa shape index (κ2) is 17.7. The number of fused-ring (bicyclic) bond motifs is 20. The average Bonchev–Trinajstić information content (AvgIpc) is 4.01. The zero-order valence-electron chi connectivity index (χ0n) is 35.8. The molecule has 0 amide bonds. The van der Waals surface area contributed by atoms with Crippen molar-refractivity contribution in [2.75, 3.05) is 0 Å². The molecule has 0 spiro atoms. The summed E-state index contributed by atoms with van der Waals surface area (Å²) >= 11 is -3.74. The maximum absolute atomic E-state index is 15.3. The van der Waals surface area contributed by atoms with Gasteiger partial charge in [0.1, 0.15) is 0 Å². The van der Waals surface area contributed by atoms with Gasteiger partial charge in [-0.3, -0.25) is 0 Å². The van der Waals surface area contributed by atoms with Crippen LogP contribution in [-0.2, 0) is 3.07 Å². The Balaban J connectivity index is 0.990. The van der Waals surface area contributed by atoms with E-state index in [0.29, 0.717) is 18.3 Å². The van der Waals surface area contributed by atoms with Crippen LogP contribution in [0.2, 0.25) is 3.93 Å². The van der Waals surface area contributed by atoms with E-state index >= 15 is 17.6 Å². The maximum atomic E-state index is 15.3. The molecular formula is C40H55F17N8OSn. The summed E-state index contributed by atoms with van der Waals surface area (Å²) in [5.41, 5.74) is 0. The summed E-state index contributed by atoms with van der Waals surface area (Å²) in [6.45, 7) is 0. The molecule has 0 aromatic carbocycles. The summed E-state index contributed by atoms with van der Waals surface area (Å²) in [7, 11) is 0. The first-order chi connectivity index (χ1) is 31.1. The van der Waals surface area contributed by atoms with Crippen molar-refractivity contribution in [2.45, 2.75) is 197 Å². The second-order valence-electron chi connectivity index (χ2n) is 20.5. The van der Waals surface area contributed by atoms with Gasteiger partial charge in [-0.05, 0) is 0 Å². The van der Waals surface area contributed by atoms with Crippen molar-refractivity contribution in [1.82, 2.24) is 42.5 Å². The fourth-order valence-corrected chi connectivity index (χ4v) is 17.4. The van der Waals surface area contributed by atoms with Gasteiger partial charge in [0.15, 0.2) is 0 Å². The third-order valence-corrected chi connectivity index (χ3v) is 20.8. The zero-order chi connectivity index (χ0) is 48.5. The summed E-state index contributed by atoms with van der Waals surface area (Å²) in [5, 5.41) is 30.3. The Hall–Kier alpha value is -0.751. The van der Waals surface area contributed by atoms with Crippen LogP contribution in [0, 0.1) is 47.3 Å². The van der Waals surface area contributed by atoms with Crippen molar-refractivity contribution in [3.63, 3.8) is 0 Å². The van der Waals surface area contributed by atoms with Gasteiger partial charge in [0.2, 0.25) is 0 Å². The first-order valence-corrected chi connectivity index (χ1v) is 26.2. The molecule has 9 nitrogen and oxygen atoms in total. The number of alkyl halides is 17. The van der Waals surface area contributed by atoms with Gasteiger partial charge >= 0.3 is 380 Å². The predicted molar refractivity (Wildman–Crippen MR) is 204 cm³/mol. The minimum absolute atomic E-state index is 0.00504. The molecule has 0 aromatic rings. The van der Waals surface area contributed by atoms with E-state index in [1.807, 2.05) is 0 Å². The molecule has 9 fully saturated rings. The molecule has 5 aliphatic heterocycles. The Morgan fingerprint density at radius 1 is 0.299 bits per heavy atom. The van der Waals surface area contributed by atoms with Crippen LogP contribution in [-0.4, -0.2) is 119 Å². The molecule has 17 unspecified atom stereocenters. The fourth-order valence-electron chi connectivity index (χ4n) is 13.6. The number of hydrogen-bond acceptors (Lipinski definition) is 9. The quantitative estimate of drug-likeness (QED) is 0.0877. The number of hydrogen-bond donors (Lipinski definition) is 8. The van der Waals surface area contributed by atoms with Gasteiger partial charge in [-0.2, -0.15) is 0 Å². The molecule has 8 bridgehead atoms. The minimum atomic E-state index is -8.68. The predicted octanol–water partition coefficient (Wildman–Crippen LogP) is 7.61. The van der Waals surface area contributed by atoms with Crippen LogP contribution in [0.3, 0.4) is 0 Å². The first kappa shape index (κ1) is 51.2. The molecule has 5 saturated heterocycles. The molecule has 27 heteroatoms. The first-order valence-electron chi connectivity index (χ1n) is 23.4. The number of rotatable bonds is 9. The van der Waals surface area contributed by atoms with Gasteiger partial charge in [-0.25, -0.2) is 0 Å². The molecule has 9 rings (SSSR count). The van der Waals surface area contributed by atoms with Crippen LogP contribution < -0.4 is 42.5 Å². The Morgan fingerprint density at radius 3 is 0.896 bits per heavy atom. The van der Waals surface area contributed by atoms with E-state index < -0.39 is 97.5 Å². The number of nitrogens with one attached hydrogen (secondary N) is 8. The average molecular weight is 1110 g/mol. The summed E-state index contributed by atoms with van der Waals surface area (Å²) in [4.78, 5) is 0. The Kier molecular flexibility index (Phi) is 13.5. The van der Waals surface area contributed by atoms with Crippen LogP contribution in [0.25, 0.3) is 0 Å². The third kappa shape index (κ3) is 8.12. The van der Waals surface area contributed by atoms with Crippen molar-refractivity contribution in [1.29, 1.82) is 0 Å². The van der Waals surface area contributed by atoms with E-state index in [1.165, 1.54) is 0 Å². The van der Waals surface area contributed by atoms with Crippen LogP contribution in [0.5, 0.6) is 0 Å². The molecule has 9 aliphatic rings. The van der Waals surface area contributed by atoms with E-state index in [-0.39, 0.29) is 73.5 Å². The molecule has 4 aliphatic carbocycles. The Morgan fingerprint density at radius 2 is 0.567 bits per heavy atom. The van der Waals surface area contributed by atoms with Crippen molar-refractivity contribution < 1.29 is 77.7 Å². The van der Waals surface area contributed by atoms with E-state index in [2.05, 4.69) is 45.6 Å². The number of halogens is 17. The van der Waals surface area contributed by atoms with E-state index in [4.69, 9.17) is 0 Å². The summed E-state index contributed by atoms with van der Waals surface area (Å²) < 4.78 is 243. The van der Waals surface area contributed by atoms with E-state index in [9.17, 15) is 57.1 Å². The summed E-state index contributed by atoms with van der Waals surface area (Å²) in [6, 6.07) is 0. The van der Waals surface area contributed by atoms with E-state index in [1.54, 1.807) is 0 Å². The standard InChI is InChI=1S/C32H55N8.C8F17O.Sn/c1-2-10-18-17(9-1)25-33-26(18)38-28-21-13-5-6-14-22(21)30(35-28)40-32-24-16-8-7-15-23(24)31(36-32)39-29-20-12-4-3-11-19(20)27(34-29)37-25;9-1(10,3(13,14)5(17,18)7(21,22)23)2(11,12)4(15,16)6(19,20)8(24,25)26;/h9,17-40H,1-8,10-16H2;;/q;-1;+1. The van der Waals surface area contributed by atoms with Crippen molar-refractivity contribution in [2.24, 2.45) is 47.3 Å². The molecule has 17 atom stereocenters. The van der Waals surface area contributed by atoms with Crippen LogP contribution >= 0.6 is 0 Å². The van der Waals surface area contributed by atoms with Gasteiger partial charge in [-0.15, -0.1) is 0 Å². The van der Waals surface area contributed by atoms with Gasteiger partial charge in [-0.1, -0.05) is 6.42 Å². The normalized spacial score (nSPS) is 42.5. The van der Waals surface area contributed by atoms with Crippen LogP contribution in [0.15, 0.2) is 0 Å². The summed E-state index contributed by atoms with van der Waals surface area (Å²) in [6.07, 6.45) is -4.25. The van der Waals surface area contributed by atoms with Crippen molar-refractivity contribution in [3.8, 4) is 0 Å². The molecule has 2 radical (unpaired) electrons. The SMILES string of the molecule is FC(F)(F)C(F)(F)C(F)(F)C(F)(F)C(F)(F)C(F)(F)C(F)(F)C(F)(F)[O][Sn][CH]1CCCC2C3NC4NC(NC5NC(NC6NC(NC(N3)C12)C1CCCCC61)C1CCCCC51)C1CCCCC41. The summed E-state index contributed by atoms with van der Waals surface area (Å²) in [5.74, 6) is -50.1. The molecule has 5 heterocycles. The Labute approximate surface area is 385 Å². The fraction of sp³-hybridized carbons (Fsp3) is 1.00. The van der Waals surface area contributed by atoms with Crippen LogP contribution in [0.1, 0.15) is 96.3 Å². The molecule has 384 valence electrons. The topological polar surface area (TPSA) is 105 Å². The molecule has 8 N–H and O–H groups in total. The zero-order valence-corrected chi connectivity index (χ0v) is 38.6. The molecule has 4 saturated carbocycles. The van der Waals surface area contributed by atoms with Gasteiger partial charge in [0, 0.05) is 0 Å². The van der Waals surface area contributed by atoms with E-state index in [0.717, 1.165) is 77.0 Å². The second-order valence-corrected chi connectivity index (χ2v) is 23.8. The van der Waals surface area contributed by atoms with Gasteiger partial charge in [0.05, 0.1) is 0 Å². The third-order valence-electron chi connectivity index (χ3n) is 16.9. The molecule has 0 aromatic heterocycles. The van der Waals surface area contributed by atoms with Crippen LogP contribution in [0.4, 0.5) is 74.6 Å². The molecule has 67 heavy (non-hydrogen) atoms. The van der Waals surface area contributed by atoms with Gasteiger partial charge < -0.3 is 0 Å². The van der Waals surface area contributed by atoms with Crippen molar-refractivity contribution in [3.05, 3.63) is 0 Å². The monoisotopic (exact) mass is 1110 g/mol. The Bertz CT molecular complexity index is 1790. The molecular weight excluding hydrogens is 1050 g/mol. The van der Waals surface area contributed by atoms with Crippen molar-refractivity contribution >= 4 is 21.6 Å².